The van der Waals surface area contributed by atoms with Gasteiger partial charge in [0.2, 0.25) is 5.91 Å². The summed E-state index contributed by atoms with van der Waals surface area (Å²) >= 11 is 0. The molecule has 1 heterocycles. The Morgan fingerprint density at radius 1 is 1.03 bits per heavy atom. The maximum Gasteiger partial charge on any atom is 0.251 e. The molecule has 0 unspecified atom stereocenters. The maximum atomic E-state index is 13.3. The second-order valence-electron chi connectivity index (χ2n) is 10.1. The second kappa shape index (κ2) is 12.1. The van der Waals surface area contributed by atoms with Gasteiger partial charge in [0, 0.05) is 31.7 Å². The maximum absolute atomic E-state index is 13.3. The first-order valence-electron chi connectivity index (χ1n) is 13.0. The van der Waals surface area contributed by atoms with Gasteiger partial charge in [-0.25, -0.2) is 4.39 Å². The molecule has 1 aliphatic heterocycles. The average Bonchev–Trinajstić information content (AvgIpc) is 3.67. The molecule has 2 aliphatic rings. The molecular formula is C29H35FN4O2. The zero-order chi connectivity index (χ0) is 25.5. The molecule has 0 bridgehead atoms. The van der Waals surface area contributed by atoms with Crippen LogP contribution >= 0.6 is 0 Å². The first-order chi connectivity index (χ1) is 17.4. The van der Waals surface area contributed by atoms with E-state index < -0.39 is 6.04 Å². The van der Waals surface area contributed by atoms with Crippen molar-refractivity contribution in [1.29, 1.82) is 5.26 Å². The van der Waals surface area contributed by atoms with E-state index in [0.717, 1.165) is 45.2 Å². The molecule has 0 spiro atoms. The fourth-order valence-electron chi connectivity index (χ4n) is 5.06. The van der Waals surface area contributed by atoms with Crippen LogP contribution in [0.4, 0.5) is 4.39 Å². The number of unbranched alkanes of at least 4 members (excludes halogenated alkanes) is 2. The number of hydrogen-bond acceptors (Lipinski definition) is 4. The Labute approximate surface area is 213 Å². The van der Waals surface area contributed by atoms with Gasteiger partial charge < -0.3 is 15.1 Å². The quantitative estimate of drug-likeness (QED) is 0.503. The van der Waals surface area contributed by atoms with Crippen LogP contribution in [-0.4, -0.2) is 60.9 Å². The molecule has 1 aliphatic carbocycles. The van der Waals surface area contributed by atoms with Gasteiger partial charge >= 0.3 is 0 Å². The van der Waals surface area contributed by atoms with Crippen LogP contribution in [0, 0.1) is 23.1 Å². The van der Waals surface area contributed by atoms with Crippen LogP contribution in [0.25, 0.3) is 0 Å². The Kier molecular flexibility index (Phi) is 8.71. The molecule has 2 amide bonds. The summed E-state index contributed by atoms with van der Waals surface area (Å²) in [5, 5.41) is 12.0. The molecule has 190 valence electrons. The van der Waals surface area contributed by atoms with Crippen LogP contribution < -0.4 is 5.32 Å². The molecule has 36 heavy (non-hydrogen) atoms. The topological polar surface area (TPSA) is 76.4 Å². The number of benzene rings is 2. The third-order valence-electron chi connectivity index (χ3n) is 7.48. The highest BCUT2D eigenvalue weighted by molar-refractivity contribution is 5.97. The van der Waals surface area contributed by atoms with E-state index in [2.05, 4.69) is 16.3 Å². The number of piperazine rings is 1. The lowest BCUT2D eigenvalue weighted by molar-refractivity contribution is -0.135. The Morgan fingerprint density at radius 2 is 1.72 bits per heavy atom. The Balaban J connectivity index is 1.27. The summed E-state index contributed by atoms with van der Waals surface area (Å²) in [4.78, 5) is 30.2. The van der Waals surface area contributed by atoms with E-state index >= 15 is 0 Å². The van der Waals surface area contributed by atoms with Crippen molar-refractivity contribution < 1.29 is 14.0 Å². The summed E-state index contributed by atoms with van der Waals surface area (Å²) < 4.78 is 13.2. The van der Waals surface area contributed by atoms with Gasteiger partial charge in [-0.05, 0) is 80.1 Å². The highest BCUT2D eigenvalue weighted by atomic mass is 19.1. The minimum absolute atomic E-state index is 0.0105. The molecule has 2 fully saturated rings. The summed E-state index contributed by atoms with van der Waals surface area (Å²) in [5.41, 5.74) is 2.17. The predicted molar refractivity (Wildman–Crippen MR) is 137 cm³/mol. The van der Waals surface area contributed by atoms with E-state index in [1.54, 1.807) is 24.3 Å². The minimum Gasteiger partial charge on any atom is -0.340 e. The normalized spacial score (nSPS) is 20.4. The minimum atomic E-state index is -0.551. The summed E-state index contributed by atoms with van der Waals surface area (Å²) in [6.45, 7) is 3.01. The summed E-state index contributed by atoms with van der Waals surface area (Å²) in [7, 11) is 2.05. The zero-order valence-electron chi connectivity index (χ0n) is 21.0. The van der Waals surface area contributed by atoms with Crippen LogP contribution in [0.15, 0.2) is 48.5 Å². The largest absolute Gasteiger partial charge is 0.340 e. The molecule has 2 aromatic rings. The number of carbonyl (C=O) groups is 2. The number of nitrogens with one attached hydrogen (secondary N) is 1. The van der Waals surface area contributed by atoms with Crippen molar-refractivity contribution in [1.82, 2.24) is 15.1 Å². The van der Waals surface area contributed by atoms with Gasteiger partial charge in [-0.15, -0.1) is 0 Å². The number of nitrogens with zero attached hydrogens (tertiary/aromatic N) is 3. The van der Waals surface area contributed by atoms with Crippen LogP contribution in [-0.2, 0) is 4.79 Å². The number of halogens is 1. The first-order valence-corrected chi connectivity index (χ1v) is 13.0. The van der Waals surface area contributed by atoms with Gasteiger partial charge in [-0.2, -0.15) is 5.26 Å². The summed E-state index contributed by atoms with van der Waals surface area (Å²) in [5.74, 6) is 0.719. The summed E-state index contributed by atoms with van der Waals surface area (Å²) in [6.07, 6.45) is 5.87. The number of rotatable bonds is 10. The van der Waals surface area contributed by atoms with Crippen molar-refractivity contribution in [3.05, 3.63) is 71.0 Å². The lowest BCUT2D eigenvalue weighted by Gasteiger charge is -2.34. The highest BCUT2D eigenvalue weighted by Gasteiger charge is 2.37. The van der Waals surface area contributed by atoms with Crippen LogP contribution in [0.5, 0.6) is 0 Å². The molecule has 1 saturated heterocycles. The number of nitriles is 1. The zero-order valence-corrected chi connectivity index (χ0v) is 21.0. The molecule has 2 aromatic carbocycles. The smallest absolute Gasteiger partial charge is 0.251 e. The van der Waals surface area contributed by atoms with Crippen molar-refractivity contribution in [2.24, 2.45) is 5.92 Å². The fraction of sp³-hybridized carbons (Fsp3) is 0.483. The molecule has 3 atom stereocenters. The van der Waals surface area contributed by atoms with Gasteiger partial charge in [-0.3, -0.25) is 9.59 Å². The van der Waals surface area contributed by atoms with Crippen molar-refractivity contribution in [3.8, 4) is 6.07 Å². The van der Waals surface area contributed by atoms with Gasteiger partial charge in [0.25, 0.3) is 5.91 Å². The number of hydrogen-bond donors (Lipinski definition) is 1. The Morgan fingerprint density at radius 3 is 2.39 bits per heavy atom. The SMILES string of the molecule is CN1CCN(C(=O)[C@H](CCCCC[C@@H]2C[C@H]2c2ccc(F)cc2)NC(=O)c2ccc(C#N)cc2)CC1. The van der Waals surface area contributed by atoms with E-state index in [0.29, 0.717) is 42.5 Å². The lowest BCUT2D eigenvalue weighted by Crippen LogP contribution is -2.54. The van der Waals surface area contributed by atoms with E-state index in [-0.39, 0.29) is 17.6 Å². The van der Waals surface area contributed by atoms with Crippen molar-refractivity contribution in [2.45, 2.75) is 50.5 Å². The number of likely N-dealkylation sites (N-methyl/N-ethyl adjacent to an activating group) is 1. The fourth-order valence-corrected chi connectivity index (χ4v) is 5.06. The van der Waals surface area contributed by atoms with Crippen LogP contribution in [0.3, 0.4) is 0 Å². The Bertz CT molecular complexity index is 1070. The first kappa shape index (κ1) is 25.8. The number of carbonyl (C=O) groups excluding carboxylic acids is 2. The summed E-state index contributed by atoms with van der Waals surface area (Å²) in [6, 6.07) is 14.8. The van der Waals surface area contributed by atoms with Crippen LogP contribution in [0.2, 0.25) is 0 Å². The Hall–Kier alpha value is -3.24. The highest BCUT2D eigenvalue weighted by Crippen LogP contribution is 2.50. The van der Waals surface area contributed by atoms with Gasteiger partial charge in [-0.1, -0.05) is 31.4 Å². The molecule has 0 aromatic heterocycles. The van der Waals surface area contributed by atoms with Crippen molar-refractivity contribution >= 4 is 11.8 Å². The van der Waals surface area contributed by atoms with Crippen molar-refractivity contribution in [2.75, 3.05) is 33.2 Å². The van der Waals surface area contributed by atoms with Gasteiger partial charge in [0.05, 0.1) is 11.6 Å². The van der Waals surface area contributed by atoms with Gasteiger partial charge in [0.1, 0.15) is 11.9 Å². The van der Waals surface area contributed by atoms with E-state index in [1.165, 1.54) is 17.7 Å². The van der Waals surface area contributed by atoms with E-state index in [4.69, 9.17) is 5.26 Å². The molecule has 7 heteroatoms. The van der Waals surface area contributed by atoms with Crippen LogP contribution in [0.1, 0.15) is 65.9 Å². The second-order valence-corrected chi connectivity index (χ2v) is 10.1. The van der Waals surface area contributed by atoms with Crippen molar-refractivity contribution in [3.63, 3.8) is 0 Å². The molecule has 4 rings (SSSR count). The van der Waals surface area contributed by atoms with E-state index in [9.17, 15) is 14.0 Å². The molecule has 1 saturated carbocycles. The monoisotopic (exact) mass is 490 g/mol. The molecule has 6 nitrogen and oxygen atoms in total. The average molecular weight is 491 g/mol. The number of amides is 2. The lowest BCUT2D eigenvalue weighted by atomic mass is 10.0. The molecule has 1 N–H and O–H groups in total. The third-order valence-corrected chi connectivity index (χ3v) is 7.48. The molecule has 0 radical (unpaired) electrons. The van der Waals surface area contributed by atoms with Gasteiger partial charge in [0.15, 0.2) is 0 Å². The molecular weight excluding hydrogens is 455 g/mol. The third kappa shape index (κ3) is 6.92. The predicted octanol–water partition coefficient (Wildman–Crippen LogP) is 4.32. The van der Waals surface area contributed by atoms with E-state index in [1.807, 2.05) is 24.1 Å². The standard InChI is InChI=1S/C29H35FN4O2/c1-33-15-17-34(18-16-33)29(36)27(32-28(35)23-9-7-21(20-31)8-10-23)6-4-2-3-5-24-19-26(24)22-11-13-25(30)14-12-22/h7-14,24,26-27H,2-6,15-19H2,1H3,(H,32,35)/t24-,26+,27+/m1/s1.